The minimum atomic E-state index is -1.11. The van der Waals surface area contributed by atoms with Gasteiger partial charge in [0.25, 0.3) is 5.91 Å². The van der Waals surface area contributed by atoms with Crippen LogP contribution in [0.5, 0.6) is 11.5 Å². The van der Waals surface area contributed by atoms with Gasteiger partial charge in [0.15, 0.2) is 22.4 Å². The molecule has 0 saturated carbocycles. The minimum Gasteiger partial charge on any atom is -0.493 e. The van der Waals surface area contributed by atoms with Crippen LogP contribution in [0.2, 0.25) is 0 Å². The largest absolute Gasteiger partial charge is 0.493 e. The first-order valence-electron chi connectivity index (χ1n) is 8.88. The summed E-state index contributed by atoms with van der Waals surface area (Å²) in [6.07, 6.45) is 1.63. The summed E-state index contributed by atoms with van der Waals surface area (Å²) in [6.45, 7) is -0.527. The molecule has 0 radical (unpaired) electrons. The van der Waals surface area contributed by atoms with Gasteiger partial charge in [0, 0.05) is 25.3 Å². The lowest BCUT2D eigenvalue weighted by Crippen LogP contribution is -2.27. The van der Waals surface area contributed by atoms with Crippen molar-refractivity contribution in [3.63, 3.8) is 0 Å². The number of methoxy groups -OCH3 is 1. The number of rotatable bonds is 7. The Bertz CT molecular complexity index is 1020. The third kappa shape index (κ3) is 4.58. The van der Waals surface area contributed by atoms with E-state index in [2.05, 4.69) is 0 Å². The highest BCUT2D eigenvalue weighted by molar-refractivity contribution is 8.27. The number of amides is 1. The molecule has 1 amide bonds. The standard InChI is InChI=1S/C21H20N2O5S2/c1-22(2)14-7-9-15(10-8-14)23-20(26)17(30-21(23)29)11-13-5-4-6-16(27-3)19(13)28-12-18(24)25/h4-11H,12H2,1-3H3,(H,24,25)/b17-11+. The first-order valence-corrected chi connectivity index (χ1v) is 10.1. The first kappa shape index (κ1) is 21.7. The second-order valence-corrected chi connectivity index (χ2v) is 8.16. The number of ether oxygens (including phenoxy) is 2. The lowest BCUT2D eigenvalue weighted by Gasteiger charge is -2.17. The normalized spacial score (nSPS) is 14.9. The molecule has 0 bridgehead atoms. The first-order chi connectivity index (χ1) is 14.3. The summed E-state index contributed by atoms with van der Waals surface area (Å²) in [6, 6.07) is 12.6. The van der Waals surface area contributed by atoms with E-state index in [4.69, 9.17) is 26.8 Å². The number of carboxylic acids is 1. The van der Waals surface area contributed by atoms with Crippen LogP contribution in [0.1, 0.15) is 5.56 Å². The van der Waals surface area contributed by atoms with Crippen molar-refractivity contribution in [2.24, 2.45) is 0 Å². The highest BCUT2D eigenvalue weighted by Gasteiger charge is 2.33. The number of carbonyl (C=O) groups excluding carboxylic acids is 1. The Balaban J connectivity index is 1.93. The maximum Gasteiger partial charge on any atom is 0.341 e. The Morgan fingerprint density at radius 3 is 2.53 bits per heavy atom. The van der Waals surface area contributed by atoms with Crippen molar-refractivity contribution in [1.29, 1.82) is 0 Å². The minimum absolute atomic E-state index is 0.253. The second kappa shape index (κ2) is 9.19. The van der Waals surface area contributed by atoms with E-state index in [1.807, 2.05) is 43.3 Å². The van der Waals surface area contributed by atoms with Gasteiger partial charge in [0.05, 0.1) is 17.7 Å². The Morgan fingerprint density at radius 1 is 1.23 bits per heavy atom. The van der Waals surface area contributed by atoms with Gasteiger partial charge in [0.2, 0.25) is 0 Å². The maximum atomic E-state index is 13.0. The number of carboxylic acid groups (broad SMARTS) is 1. The van der Waals surface area contributed by atoms with Crippen LogP contribution in [-0.2, 0) is 9.59 Å². The summed E-state index contributed by atoms with van der Waals surface area (Å²) in [7, 11) is 5.34. The molecule has 1 N–H and O–H groups in total. The Morgan fingerprint density at radius 2 is 1.93 bits per heavy atom. The topological polar surface area (TPSA) is 79.3 Å². The zero-order valence-electron chi connectivity index (χ0n) is 16.6. The van der Waals surface area contributed by atoms with Gasteiger partial charge in [-0.2, -0.15) is 0 Å². The molecule has 0 atom stereocenters. The van der Waals surface area contributed by atoms with Crippen LogP contribution in [0.3, 0.4) is 0 Å². The molecule has 0 aromatic heterocycles. The number of thioether (sulfide) groups is 1. The predicted octanol–water partition coefficient (Wildman–Crippen LogP) is 3.63. The van der Waals surface area contributed by atoms with E-state index in [1.54, 1.807) is 24.3 Å². The molecule has 2 aromatic rings. The fraction of sp³-hybridized carbons (Fsp3) is 0.190. The van der Waals surface area contributed by atoms with E-state index in [0.717, 1.165) is 5.69 Å². The summed E-state index contributed by atoms with van der Waals surface area (Å²) in [5.74, 6) is -0.739. The van der Waals surface area contributed by atoms with Gasteiger partial charge < -0.3 is 19.5 Å². The fourth-order valence-electron chi connectivity index (χ4n) is 2.83. The highest BCUT2D eigenvalue weighted by Crippen LogP contribution is 2.39. The number of thiocarbonyl (C=S) groups is 1. The van der Waals surface area contributed by atoms with Gasteiger partial charge in [-0.15, -0.1) is 0 Å². The summed E-state index contributed by atoms with van der Waals surface area (Å²) < 4.78 is 11.1. The summed E-state index contributed by atoms with van der Waals surface area (Å²) >= 11 is 6.60. The SMILES string of the molecule is COc1cccc(/C=C2/SC(=S)N(c3ccc(N(C)C)cc3)C2=O)c1OCC(=O)O. The Labute approximate surface area is 183 Å². The smallest absolute Gasteiger partial charge is 0.341 e. The maximum absolute atomic E-state index is 13.0. The molecular weight excluding hydrogens is 424 g/mol. The highest BCUT2D eigenvalue weighted by atomic mass is 32.2. The lowest BCUT2D eigenvalue weighted by atomic mass is 10.1. The molecule has 1 saturated heterocycles. The van der Waals surface area contributed by atoms with E-state index in [1.165, 1.54) is 23.8 Å². The van der Waals surface area contributed by atoms with Crippen LogP contribution in [0.25, 0.3) is 6.08 Å². The summed E-state index contributed by atoms with van der Waals surface area (Å²) in [4.78, 5) is 27.8. The van der Waals surface area contributed by atoms with Crippen molar-refractivity contribution < 1.29 is 24.2 Å². The van der Waals surface area contributed by atoms with Gasteiger partial charge in [-0.3, -0.25) is 9.69 Å². The second-order valence-electron chi connectivity index (χ2n) is 6.49. The number of hydrogen-bond donors (Lipinski definition) is 1. The van der Waals surface area contributed by atoms with Crippen LogP contribution >= 0.6 is 24.0 Å². The third-order valence-electron chi connectivity index (χ3n) is 4.27. The van der Waals surface area contributed by atoms with Gasteiger partial charge in [-0.1, -0.05) is 36.1 Å². The zero-order valence-corrected chi connectivity index (χ0v) is 18.3. The molecule has 0 spiro atoms. The Kier molecular flexibility index (Phi) is 6.63. The molecule has 1 fully saturated rings. The van der Waals surface area contributed by atoms with Crippen molar-refractivity contribution >= 4 is 57.6 Å². The van der Waals surface area contributed by atoms with E-state index in [9.17, 15) is 9.59 Å². The van der Waals surface area contributed by atoms with Crippen LogP contribution in [0.4, 0.5) is 11.4 Å². The molecular formula is C21H20N2O5S2. The van der Waals surface area contributed by atoms with Crippen LogP contribution < -0.4 is 19.3 Å². The average Bonchev–Trinajstić information content (AvgIpc) is 2.99. The van der Waals surface area contributed by atoms with Crippen molar-refractivity contribution in [3.05, 3.63) is 52.9 Å². The number of nitrogens with zero attached hydrogens (tertiary/aromatic N) is 2. The van der Waals surface area contributed by atoms with Crippen molar-refractivity contribution in [2.75, 3.05) is 37.6 Å². The lowest BCUT2D eigenvalue weighted by molar-refractivity contribution is -0.139. The average molecular weight is 445 g/mol. The number of anilines is 2. The van der Waals surface area contributed by atoms with Gasteiger partial charge >= 0.3 is 5.97 Å². The molecule has 0 unspecified atom stereocenters. The molecule has 1 aliphatic rings. The third-order valence-corrected chi connectivity index (χ3v) is 5.58. The van der Waals surface area contributed by atoms with Crippen LogP contribution in [0.15, 0.2) is 47.4 Å². The molecule has 1 aliphatic heterocycles. The quantitative estimate of drug-likeness (QED) is 0.512. The monoisotopic (exact) mass is 444 g/mol. The molecule has 1 heterocycles. The van der Waals surface area contributed by atoms with Crippen LogP contribution in [0, 0.1) is 0 Å². The van der Waals surface area contributed by atoms with E-state index in [0.29, 0.717) is 26.2 Å². The van der Waals surface area contributed by atoms with E-state index < -0.39 is 12.6 Å². The molecule has 2 aromatic carbocycles. The molecule has 30 heavy (non-hydrogen) atoms. The predicted molar refractivity (Wildman–Crippen MR) is 123 cm³/mol. The number of hydrogen-bond acceptors (Lipinski definition) is 7. The summed E-state index contributed by atoms with van der Waals surface area (Å²) in [5, 5.41) is 8.94. The van der Waals surface area contributed by atoms with E-state index in [-0.39, 0.29) is 11.7 Å². The van der Waals surface area contributed by atoms with Crippen LogP contribution in [-0.4, -0.2) is 49.1 Å². The zero-order chi connectivity index (χ0) is 21.8. The number of benzene rings is 2. The summed E-state index contributed by atoms with van der Waals surface area (Å²) in [5.41, 5.74) is 2.22. The number of para-hydroxylation sites is 1. The van der Waals surface area contributed by atoms with Crippen molar-refractivity contribution in [3.8, 4) is 11.5 Å². The molecule has 0 aliphatic carbocycles. The molecule has 3 rings (SSSR count). The molecule has 7 nitrogen and oxygen atoms in total. The van der Waals surface area contributed by atoms with E-state index >= 15 is 0 Å². The van der Waals surface area contributed by atoms with Gasteiger partial charge in [0.1, 0.15) is 0 Å². The van der Waals surface area contributed by atoms with Gasteiger partial charge in [-0.25, -0.2) is 4.79 Å². The van der Waals surface area contributed by atoms with Crippen molar-refractivity contribution in [1.82, 2.24) is 0 Å². The number of aliphatic carboxylic acids is 1. The molecule has 9 heteroatoms. The Hall–Kier alpha value is -3.04. The van der Waals surface area contributed by atoms with Gasteiger partial charge in [-0.05, 0) is 36.4 Å². The fourth-order valence-corrected chi connectivity index (χ4v) is 4.12. The van der Waals surface area contributed by atoms with Crippen molar-refractivity contribution in [2.45, 2.75) is 0 Å². The number of carbonyl (C=O) groups is 2. The molecule has 156 valence electrons.